The maximum atomic E-state index is 11.5. The molecular formula is C16H24N2O6. The highest BCUT2D eigenvalue weighted by Gasteiger charge is 2.21. The van der Waals surface area contributed by atoms with Crippen LogP contribution in [-0.4, -0.2) is 45.6 Å². The number of alkyl carbamates (subject to hydrolysis) is 1. The molecule has 0 aliphatic rings. The first kappa shape index (κ1) is 19.7. The number of carboxylic acids is 1. The van der Waals surface area contributed by atoms with Gasteiger partial charge >= 0.3 is 12.1 Å². The highest BCUT2D eigenvalue weighted by Crippen LogP contribution is 2.23. The van der Waals surface area contributed by atoms with E-state index in [-0.39, 0.29) is 29.8 Å². The zero-order chi connectivity index (χ0) is 18.5. The van der Waals surface area contributed by atoms with Crippen LogP contribution in [0.5, 0.6) is 0 Å². The average Bonchev–Trinajstić information content (AvgIpc) is 2.44. The Hall–Kier alpha value is -2.32. The molecule has 8 nitrogen and oxygen atoms in total. The first-order chi connectivity index (χ1) is 11.0. The maximum absolute atomic E-state index is 11.5. The number of nitrogens with two attached hydrogens (primary N) is 1. The summed E-state index contributed by atoms with van der Waals surface area (Å²) >= 11 is 0. The SMILES string of the molecule is CC(C)(C)OC(=O)NCCC(O)C(O)c1ccc(N)c(C(=O)O)c1. The fourth-order valence-corrected chi connectivity index (χ4v) is 1.96. The zero-order valence-electron chi connectivity index (χ0n) is 13.9. The van der Waals surface area contributed by atoms with Crippen LogP contribution in [0.3, 0.4) is 0 Å². The van der Waals surface area contributed by atoms with Gasteiger partial charge in [0.2, 0.25) is 0 Å². The molecule has 6 N–H and O–H groups in total. The number of hydrogen-bond donors (Lipinski definition) is 5. The van der Waals surface area contributed by atoms with Crippen LogP contribution >= 0.6 is 0 Å². The summed E-state index contributed by atoms with van der Waals surface area (Å²) in [6.07, 6.45) is -3.05. The minimum Gasteiger partial charge on any atom is -0.478 e. The van der Waals surface area contributed by atoms with Crippen LogP contribution in [0.1, 0.15) is 49.2 Å². The highest BCUT2D eigenvalue weighted by molar-refractivity contribution is 5.93. The topological polar surface area (TPSA) is 142 Å². The van der Waals surface area contributed by atoms with Crippen molar-refractivity contribution in [3.05, 3.63) is 29.3 Å². The molecule has 1 rings (SSSR count). The van der Waals surface area contributed by atoms with Gasteiger partial charge in [-0.1, -0.05) is 6.07 Å². The third-order valence-electron chi connectivity index (χ3n) is 3.12. The van der Waals surface area contributed by atoms with E-state index in [1.165, 1.54) is 18.2 Å². The van der Waals surface area contributed by atoms with Crippen molar-refractivity contribution in [3.8, 4) is 0 Å². The highest BCUT2D eigenvalue weighted by atomic mass is 16.6. The number of hydrogen-bond acceptors (Lipinski definition) is 6. The molecule has 134 valence electrons. The van der Waals surface area contributed by atoms with Crippen LogP contribution in [0.4, 0.5) is 10.5 Å². The van der Waals surface area contributed by atoms with Crippen LogP contribution in [0.2, 0.25) is 0 Å². The smallest absolute Gasteiger partial charge is 0.407 e. The number of carbonyl (C=O) groups excluding carboxylic acids is 1. The molecule has 1 aromatic carbocycles. The Balaban J connectivity index is 2.59. The van der Waals surface area contributed by atoms with Gasteiger partial charge < -0.3 is 31.1 Å². The molecular weight excluding hydrogens is 316 g/mol. The molecule has 0 fully saturated rings. The fourth-order valence-electron chi connectivity index (χ4n) is 1.96. The van der Waals surface area contributed by atoms with E-state index >= 15 is 0 Å². The molecule has 1 aromatic rings. The number of aliphatic hydroxyl groups excluding tert-OH is 2. The van der Waals surface area contributed by atoms with Crippen LogP contribution in [0, 0.1) is 0 Å². The molecule has 2 atom stereocenters. The molecule has 2 unspecified atom stereocenters. The summed E-state index contributed by atoms with van der Waals surface area (Å²) in [5.74, 6) is -1.22. The molecule has 0 aromatic heterocycles. The number of anilines is 1. The van der Waals surface area contributed by atoms with E-state index < -0.39 is 29.9 Å². The molecule has 0 bridgehead atoms. The molecule has 0 saturated heterocycles. The minimum absolute atomic E-state index is 0.0627. The number of carbonyl (C=O) groups is 2. The minimum atomic E-state index is -1.30. The number of nitrogens with one attached hydrogen (secondary N) is 1. The van der Waals surface area contributed by atoms with Gasteiger partial charge in [-0.05, 0) is 44.9 Å². The van der Waals surface area contributed by atoms with Crippen molar-refractivity contribution in [2.75, 3.05) is 12.3 Å². The van der Waals surface area contributed by atoms with E-state index in [0.29, 0.717) is 0 Å². The Labute approximate surface area is 140 Å². The summed E-state index contributed by atoms with van der Waals surface area (Å²) in [4.78, 5) is 22.5. The molecule has 1 amide bonds. The average molecular weight is 340 g/mol. The van der Waals surface area contributed by atoms with Crippen molar-refractivity contribution >= 4 is 17.7 Å². The van der Waals surface area contributed by atoms with Crippen molar-refractivity contribution in [1.82, 2.24) is 5.32 Å². The Kier molecular flexibility index (Phi) is 6.56. The molecule has 0 aliphatic carbocycles. The molecule has 0 saturated carbocycles. The van der Waals surface area contributed by atoms with Gasteiger partial charge in [0.1, 0.15) is 11.7 Å². The van der Waals surface area contributed by atoms with Crippen molar-refractivity contribution in [2.24, 2.45) is 0 Å². The van der Waals surface area contributed by atoms with E-state index in [4.69, 9.17) is 15.6 Å². The first-order valence-corrected chi connectivity index (χ1v) is 7.47. The molecule has 0 aliphatic heterocycles. The van der Waals surface area contributed by atoms with Crippen molar-refractivity contribution < 1.29 is 29.6 Å². The second-order valence-corrected chi connectivity index (χ2v) is 6.38. The van der Waals surface area contributed by atoms with Gasteiger partial charge in [-0.3, -0.25) is 0 Å². The summed E-state index contributed by atoms with van der Waals surface area (Å²) in [6, 6.07) is 4.01. The van der Waals surface area contributed by atoms with Gasteiger partial charge in [-0.15, -0.1) is 0 Å². The van der Waals surface area contributed by atoms with Gasteiger partial charge in [0, 0.05) is 12.2 Å². The summed E-state index contributed by atoms with van der Waals surface area (Å²) in [7, 11) is 0. The van der Waals surface area contributed by atoms with Gasteiger partial charge in [0.25, 0.3) is 0 Å². The quantitative estimate of drug-likeness (QED) is 0.491. The summed E-state index contributed by atoms with van der Waals surface area (Å²) in [5, 5.41) is 31.6. The molecule has 0 spiro atoms. The lowest BCUT2D eigenvalue weighted by molar-refractivity contribution is 0.0122. The number of rotatable bonds is 6. The summed E-state index contributed by atoms with van der Waals surface area (Å²) in [6.45, 7) is 5.28. The third kappa shape index (κ3) is 6.05. The Morgan fingerprint density at radius 3 is 2.46 bits per heavy atom. The van der Waals surface area contributed by atoms with Crippen molar-refractivity contribution in [2.45, 2.75) is 45.0 Å². The number of aromatic carboxylic acids is 1. The number of benzene rings is 1. The van der Waals surface area contributed by atoms with Crippen molar-refractivity contribution in [3.63, 3.8) is 0 Å². The lowest BCUT2D eigenvalue weighted by Gasteiger charge is -2.21. The lowest BCUT2D eigenvalue weighted by Crippen LogP contribution is -2.34. The molecule has 0 radical (unpaired) electrons. The Bertz CT molecular complexity index is 597. The standard InChI is InChI=1S/C16H24N2O6/c1-16(2,3)24-15(23)18-7-6-12(19)13(20)9-4-5-11(17)10(8-9)14(21)22/h4-5,8,12-13,19-20H,6-7,17H2,1-3H3,(H,18,23)(H,21,22). The lowest BCUT2D eigenvalue weighted by atomic mass is 9.99. The number of carboxylic acid groups (broad SMARTS) is 1. The van der Waals surface area contributed by atoms with E-state index in [1.54, 1.807) is 20.8 Å². The Morgan fingerprint density at radius 2 is 1.92 bits per heavy atom. The summed E-state index contributed by atoms with van der Waals surface area (Å²) < 4.78 is 5.05. The van der Waals surface area contributed by atoms with Crippen LogP contribution in [-0.2, 0) is 4.74 Å². The van der Waals surface area contributed by atoms with Gasteiger partial charge in [0.15, 0.2) is 0 Å². The van der Waals surface area contributed by atoms with Gasteiger partial charge in [-0.25, -0.2) is 9.59 Å². The van der Waals surface area contributed by atoms with E-state index in [2.05, 4.69) is 5.32 Å². The molecule has 8 heteroatoms. The number of ether oxygens (including phenoxy) is 1. The van der Waals surface area contributed by atoms with Crippen molar-refractivity contribution in [1.29, 1.82) is 0 Å². The number of amides is 1. The Morgan fingerprint density at radius 1 is 1.29 bits per heavy atom. The van der Waals surface area contributed by atoms with E-state index in [0.717, 1.165) is 0 Å². The first-order valence-electron chi connectivity index (χ1n) is 7.47. The van der Waals surface area contributed by atoms with Crippen LogP contribution in [0.15, 0.2) is 18.2 Å². The monoisotopic (exact) mass is 340 g/mol. The summed E-state index contributed by atoms with van der Waals surface area (Å²) in [5.41, 5.74) is 5.07. The molecule has 0 heterocycles. The normalized spacial score (nSPS) is 13.9. The van der Waals surface area contributed by atoms with E-state index in [9.17, 15) is 19.8 Å². The third-order valence-corrected chi connectivity index (χ3v) is 3.12. The van der Waals surface area contributed by atoms with E-state index in [1.807, 2.05) is 0 Å². The second kappa shape index (κ2) is 7.98. The second-order valence-electron chi connectivity index (χ2n) is 6.38. The largest absolute Gasteiger partial charge is 0.478 e. The van der Waals surface area contributed by atoms with Crippen LogP contribution in [0.25, 0.3) is 0 Å². The molecule has 24 heavy (non-hydrogen) atoms. The predicted octanol–water partition coefficient (Wildman–Crippen LogP) is 1.28. The van der Waals surface area contributed by atoms with Gasteiger partial charge in [0.05, 0.1) is 11.7 Å². The number of nitrogen functional groups attached to an aromatic ring is 1. The zero-order valence-corrected chi connectivity index (χ0v) is 13.9. The fraction of sp³-hybridized carbons (Fsp3) is 0.500. The maximum Gasteiger partial charge on any atom is 0.407 e. The van der Waals surface area contributed by atoms with Crippen LogP contribution < -0.4 is 11.1 Å². The predicted molar refractivity (Wildman–Crippen MR) is 87.6 cm³/mol. The number of aliphatic hydroxyl groups is 2. The van der Waals surface area contributed by atoms with Gasteiger partial charge in [-0.2, -0.15) is 0 Å².